The highest BCUT2D eigenvalue weighted by atomic mass is 32.2. The number of hydrogen-bond acceptors (Lipinski definition) is 8. The van der Waals surface area contributed by atoms with Crippen LogP contribution in [-0.2, 0) is 9.59 Å². The quantitative estimate of drug-likeness (QED) is 0.196. The lowest BCUT2D eigenvalue weighted by atomic mass is 9.79. The fraction of sp³-hybridized carbons (Fsp3) is 0.182. The number of nitrogens with zero attached hydrogens (tertiary/aromatic N) is 2. The van der Waals surface area contributed by atoms with Gasteiger partial charge in [-0.3, -0.25) is 14.5 Å². The van der Waals surface area contributed by atoms with E-state index < -0.39 is 6.04 Å². The Kier molecular flexibility index (Phi) is 7.31. The number of thiophene rings is 1. The highest BCUT2D eigenvalue weighted by Crippen LogP contribution is 2.48. The van der Waals surface area contributed by atoms with Gasteiger partial charge in [0.25, 0.3) is 0 Å². The van der Waals surface area contributed by atoms with Crippen LogP contribution in [0, 0.1) is 0 Å². The van der Waals surface area contributed by atoms with Gasteiger partial charge in [0, 0.05) is 22.6 Å². The number of amides is 1. The molecule has 7 rings (SSSR count). The number of thioether (sulfide) groups is 1. The minimum Gasteiger partial charge on any atom is -0.497 e. The standard InChI is InChI=1S/C33H27N3O3S3/c1-39-22-14-12-20(13-15-22)21-17-25-31(27(37)18-21)32(29-11-6-16-40-29)36(26-9-4-2-7-23(26)34-25)30(38)19-41-33-35-24-8-3-5-10-28(24)42-33/h2-16,21,32,34H,17-19H2,1H3/t21-,32+/m1/s1. The molecule has 0 radical (unpaired) electrons. The van der Waals surface area contributed by atoms with Gasteiger partial charge in [-0.25, -0.2) is 4.98 Å². The molecule has 0 unspecified atom stereocenters. The van der Waals surface area contributed by atoms with Crippen LogP contribution in [0.15, 0.2) is 106 Å². The summed E-state index contributed by atoms with van der Waals surface area (Å²) in [6.07, 6.45) is 1.06. The number of rotatable bonds is 6. The average molecular weight is 610 g/mol. The van der Waals surface area contributed by atoms with Crippen LogP contribution >= 0.6 is 34.4 Å². The van der Waals surface area contributed by atoms with Crippen LogP contribution in [0.25, 0.3) is 10.2 Å². The second-order valence-electron chi connectivity index (χ2n) is 10.3. The molecule has 0 saturated heterocycles. The van der Waals surface area contributed by atoms with Gasteiger partial charge in [-0.05, 0) is 65.7 Å². The molecule has 9 heteroatoms. The first-order valence-electron chi connectivity index (χ1n) is 13.7. The summed E-state index contributed by atoms with van der Waals surface area (Å²) in [6.45, 7) is 0. The highest BCUT2D eigenvalue weighted by Gasteiger charge is 2.42. The number of Topliss-reactive ketones (excluding diaryl/α,β-unsaturated/α-hetero) is 1. The number of benzene rings is 3. The van der Waals surface area contributed by atoms with Crippen LogP contribution in [0.5, 0.6) is 5.75 Å². The van der Waals surface area contributed by atoms with E-state index in [0.717, 1.165) is 47.8 Å². The zero-order valence-corrected chi connectivity index (χ0v) is 25.2. The first kappa shape index (κ1) is 26.9. The van der Waals surface area contributed by atoms with Crippen molar-refractivity contribution in [3.05, 3.63) is 112 Å². The average Bonchev–Trinajstić information content (AvgIpc) is 3.67. The first-order chi connectivity index (χ1) is 20.6. The molecule has 2 aliphatic rings. The second-order valence-corrected chi connectivity index (χ2v) is 13.5. The lowest BCUT2D eigenvalue weighted by Gasteiger charge is -2.34. The number of ether oxygens (including phenoxy) is 1. The number of para-hydroxylation sites is 3. The number of fused-ring (bicyclic) bond motifs is 2. The summed E-state index contributed by atoms with van der Waals surface area (Å²) in [7, 11) is 1.65. The van der Waals surface area contributed by atoms with Crippen LogP contribution in [0.3, 0.4) is 0 Å². The van der Waals surface area contributed by atoms with Crippen molar-refractivity contribution in [1.29, 1.82) is 0 Å². The molecular formula is C33H27N3O3S3. The number of hydrogen-bond donors (Lipinski definition) is 1. The predicted octanol–water partition coefficient (Wildman–Crippen LogP) is 8.06. The number of carbonyl (C=O) groups excluding carboxylic acids is 2. The first-order valence-corrected chi connectivity index (χ1v) is 16.4. The number of aromatic nitrogens is 1. The SMILES string of the molecule is COc1ccc([C@H]2CC(=O)C3=C(C2)Nc2ccccc2N(C(=O)CSc2nc4ccccc4s2)[C@H]3c2cccs2)cc1. The van der Waals surface area contributed by atoms with E-state index in [0.29, 0.717) is 18.4 Å². The van der Waals surface area contributed by atoms with Gasteiger partial charge in [0.1, 0.15) is 11.8 Å². The molecule has 1 N–H and O–H groups in total. The summed E-state index contributed by atoms with van der Waals surface area (Å²) in [5.41, 5.74) is 5.19. The van der Waals surface area contributed by atoms with Crippen molar-refractivity contribution in [1.82, 2.24) is 4.98 Å². The zero-order chi connectivity index (χ0) is 28.6. The fourth-order valence-corrected chi connectivity index (χ4v) is 8.55. The van der Waals surface area contributed by atoms with E-state index in [4.69, 9.17) is 9.72 Å². The second kappa shape index (κ2) is 11.4. The number of thiazole rings is 1. The Hall–Kier alpha value is -3.92. The summed E-state index contributed by atoms with van der Waals surface area (Å²) in [4.78, 5) is 35.9. The lowest BCUT2D eigenvalue weighted by molar-refractivity contribution is -0.117. The molecule has 5 aromatic rings. The molecule has 2 atom stereocenters. The van der Waals surface area contributed by atoms with Crippen LogP contribution in [0.2, 0.25) is 0 Å². The summed E-state index contributed by atoms with van der Waals surface area (Å²) >= 11 is 4.61. The summed E-state index contributed by atoms with van der Waals surface area (Å²) in [6, 6.07) is 27.3. The van der Waals surface area contributed by atoms with Gasteiger partial charge in [-0.15, -0.1) is 22.7 Å². The third kappa shape index (κ3) is 5.02. The van der Waals surface area contributed by atoms with Gasteiger partial charge in [0.05, 0.1) is 34.5 Å². The maximum Gasteiger partial charge on any atom is 0.238 e. The Bertz CT molecular complexity index is 1780. The van der Waals surface area contributed by atoms with Crippen LogP contribution in [0.1, 0.15) is 35.2 Å². The maximum atomic E-state index is 14.2. The van der Waals surface area contributed by atoms with Gasteiger partial charge in [0.15, 0.2) is 10.1 Å². The fourth-order valence-electron chi connectivity index (χ4n) is 5.80. The molecule has 6 nitrogen and oxygen atoms in total. The molecule has 1 amide bonds. The van der Waals surface area contributed by atoms with Crippen LogP contribution in [-0.4, -0.2) is 29.5 Å². The molecule has 1 aliphatic carbocycles. The van der Waals surface area contributed by atoms with E-state index in [1.165, 1.54) is 11.8 Å². The van der Waals surface area contributed by atoms with E-state index in [1.807, 2.05) is 95.2 Å². The van der Waals surface area contributed by atoms with Crippen molar-refractivity contribution in [2.24, 2.45) is 0 Å². The number of carbonyl (C=O) groups is 2. The summed E-state index contributed by atoms with van der Waals surface area (Å²) < 4.78 is 7.30. The van der Waals surface area contributed by atoms with Gasteiger partial charge in [-0.2, -0.15) is 0 Å². The molecule has 3 aromatic carbocycles. The van der Waals surface area contributed by atoms with Crippen molar-refractivity contribution in [2.45, 2.75) is 29.1 Å². The van der Waals surface area contributed by atoms with Crippen molar-refractivity contribution in [3.63, 3.8) is 0 Å². The maximum absolute atomic E-state index is 14.2. The van der Waals surface area contributed by atoms with Crippen LogP contribution in [0.4, 0.5) is 11.4 Å². The molecule has 0 saturated carbocycles. The molecular weight excluding hydrogens is 583 g/mol. The Labute approximate surface area is 256 Å². The summed E-state index contributed by atoms with van der Waals surface area (Å²) in [5, 5.41) is 5.62. The topological polar surface area (TPSA) is 71.5 Å². The molecule has 0 fully saturated rings. The third-order valence-electron chi connectivity index (χ3n) is 7.75. The van der Waals surface area contributed by atoms with Crippen molar-refractivity contribution >= 4 is 67.7 Å². The number of ketones is 1. The highest BCUT2D eigenvalue weighted by molar-refractivity contribution is 8.01. The summed E-state index contributed by atoms with van der Waals surface area (Å²) in [5.74, 6) is 1.03. The number of methoxy groups -OCH3 is 1. The molecule has 2 aromatic heterocycles. The predicted molar refractivity (Wildman–Crippen MR) is 172 cm³/mol. The van der Waals surface area contributed by atoms with Gasteiger partial charge < -0.3 is 10.1 Å². The normalized spacial score (nSPS) is 18.3. The largest absolute Gasteiger partial charge is 0.497 e. The molecule has 42 heavy (non-hydrogen) atoms. The molecule has 3 heterocycles. The van der Waals surface area contributed by atoms with E-state index in [9.17, 15) is 9.59 Å². The van der Waals surface area contributed by atoms with Crippen molar-refractivity contribution in [2.75, 3.05) is 23.1 Å². The Morgan fingerprint density at radius 1 is 1.02 bits per heavy atom. The molecule has 0 bridgehead atoms. The van der Waals surface area contributed by atoms with E-state index in [1.54, 1.807) is 29.8 Å². The number of nitrogens with one attached hydrogen (secondary N) is 1. The van der Waals surface area contributed by atoms with E-state index in [2.05, 4.69) is 5.32 Å². The smallest absolute Gasteiger partial charge is 0.238 e. The minimum atomic E-state index is -0.510. The monoisotopic (exact) mass is 609 g/mol. The van der Waals surface area contributed by atoms with Gasteiger partial charge >= 0.3 is 0 Å². The Balaban J connectivity index is 1.27. The van der Waals surface area contributed by atoms with E-state index >= 15 is 0 Å². The number of anilines is 2. The lowest BCUT2D eigenvalue weighted by Crippen LogP contribution is -2.39. The van der Waals surface area contributed by atoms with E-state index in [-0.39, 0.29) is 23.4 Å². The number of allylic oxidation sites excluding steroid dienone is 1. The van der Waals surface area contributed by atoms with Crippen LogP contribution < -0.4 is 15.0 Å². The Morgan fingerprint density at radius 2 is 1.83 bits per heavy atom. The third-order valence-corrected chi connectivity index (χ3v) is 10.8. The van der Waals surface area contributed by atoms with Gasteiger partial charge in [-0.1, -0.05) is 54.2 Å². The molecule has 210 valence electrons. The Morgan fingerprint density at radius 3 is 2.62 bits per heavy atom. The van der Waals surface area contributed by atoms with Crippen molar-refractivity contribution in [3.8, 4) is 5.75 Å². The minimum absolute atomic E-state index is 0.0302. The molecule has 1 aliphatic heterocycles. The zero-order valence-electron chi connectivity index (χ0n) is 22.8. The molecule has 0 spiro atoms. The van der Waals surface area contributed by atoms with Crippen molar-refractivity contribution < 1.29 is 14.3 Å². The van der Waals surface area contributed by atoms with Gasteiger partial charge in [0.2, 0.25) is 5.91 Å².